The molecule has 0 saturated carbocycles. The van der Waals surface area contributed by atoms with E-state index in [0.29, 0.717) is 5.39 Å². The van der Waals surface area contributed by atoms with Gasteiger partial charge in [-0.1, -0.05) is 18.2 Å². The Balaban J connectivity index is 2.36. The minimum Gasteiger partial charge on any atom is -0.267 e. The maximum absolute atomic E-state index is 11.7. The van der Waals surface area contributed by atoms with Crippen molar-refractivity contribution in [2.45, 2.75) is 6.92 Å². The van der Waals surface area contributed by atoms with E-state index in [4.69, 9.17) is 0 Å². The van der Waals surface area contributed by atoms with E-state index >= 15 is 0 Å². The highest BCUT2D eigenvalue weighted by Crippen LogP contribution is 2.35. The van der Waals surface area contributed by atoms with E-state index in [0.717, 1.165) is 19.7 Å². The molecule has 1 N–H and O–H groups in total. The molecule has 0 bridgehead atoms. The third-order valence-corrected chi connectivity index (χ3v) is 4.93. The zero-order valence-electron chi connectivity index (χ0n) is 9.53. The molecular weight excluding hydrogens is 312 g/mol. The molecule has 0 saturated heterocycles. The Hall–Kier alpha value is -1.46. The van der Waals surface area contributed by atoms with E-state index in [1.807, 2.05) is 31.2 Å². The highest BCUT2D eigenvalue weighted by Gasteiger charge is 2.11. The van der Waals surface area contributed by atoms with E-state index in [2.05, 4.69) is 32.2 Å². The Labute approximate surface area is 116 Å². The topological polar surface area (TPSA) is 45.8 Å². The van der Waals surface area contributed by atoms with Crippen molar-refractivity contribution in [2.75, 3.05) is 0 Å². The first-order valence-electron chi connectivity index (χ1n) is 5.40. The lowest BCUT2D eigenvalue weighted by molar-refractivity contribution is 1.02. The minimum atomic E-state index is -0.151. The highest BCUT2D eigenvalue weighted by molar-refractivity contribution is 9.11. The molecule has 3 aromatic rings. The average Bonchev–Trinajstić information content (AvgIpc) is 2.70. The first-order chi connectivity index (χ1) is 8.66. The number of aryl methyl sites for hydroxylation is 1. The van der Waals surface area contributed by atoms with Crippen molar-refractivity contribution in [1.82, 2.24) is 10.2 Å². The predicted molar refractivity (Wildman–Crippen MR) is 78.1 cm³/mol. The van der Waals surface area contributed by atoms with E-state index in [-0.39, 0.29) is 5.56 Å². The summed E-state index contributed by atoms with van der Waals surface area (Å²) in [6.45, 7) is 2.04. The van der Waals surface area contributed by atoms with Gasteiger partial charge in [-0.3, -0.25) is 4.79 Å². The van der Waals surface area contributed by atoms with Crippen molar-refractivity contribution in [3.8, 4) is 10.6 Å². The smallest absolute Gasteiger partial charge is 0.267 e. The Bertz CT molecular complexity index is 772. The van der Waals surface area contributed by atoms with Gasteiger partial charge in [0.2, 0.25) is 0 Å². The van der Waals surface area contributed by atoms with Gasteiger partial charge in [-0.25, -0.2) is 5.10 Å². The van der Waals surface area contributed by atoms with Crippen LogP contribution in [0.1, 0.15) is 5.56 Å². The third kappa shape index (κ3) is 1.79. The zero-order valence-corrected chi connectivity index (χ0v) is 11.9. The second-order valence-electron chi connectivity index (χ2n) is 4.01. The molecule has 5 heteroatoms. The van der Waals surface area contributed by atoms with Crippen LogP contribution in [0.3, 0.4) is 0 Å². The molecule has 0 amide bonds. The summed E-state index contributed by atoms with van der Waals surface area (Å²) in [6, 6.07) is 9.59. The van der Waals surface area contributed by atoms with Crippen LogP contribution < -0.4 is 5.56 Å². The van der Waals surface area contributed by atoms with Crippen LogP contribution in [-0.2, 0) is 0 Å². The number of thiophene rings is 1. The summed E-state index contributed by atoms with van der Waals surface area (Å²) >= 11 is 5.13. The van der Waals surface area contributed by atoms with E-state index in [9.17, 15) is 4.79 Å². The Kier molecular flexibility index (Phi) is 2.80. The first kappa shape index (κ1) is 11.6. The van der Waals surface area contributed by atoms with Gasteiger partial charge < -0.3 is 0 Å². The molecule has 0 aliphatic carbocycles. The number of halogens is 1. The summed E-state index contributed by atoms with van der Waals surface area (Å²) in [5.41, 5.74) is 1.85. The number of nitrogens with one attached hydrogen (secondary N) is 1. The van der Waals surface area contributed by atoms with E-state index in [1.54, 1.807) is 11.3 Å². The molecule has 18 heavy (non-hydrogen) atoms. The molecule has 3 rings (SSSR count). The van der Waals surface area contributed by atoms with Crippen molar-refractivity contribution in [3.05, 3.63) is 50.0 Å². The maximum atomic E-state index is 11.7. The van der Waals surface area contributed by atoms with Gasteiger partial charge in [-0.15, -0.1) is 11.3 Å². The van der Waals surface area contributed by atoms with Crippen LogP contribution in [0, 0.1) is 6.92 Å². The Morgan fingerprint density at radius 1 is 1.28 bits per heavy atom. The number of nitrogens with zero attached hydrogens (tertiary/aromatic N) is 1. The van der Waals surface area contributed by atoms with Crippen LogP contribution in [0.25, 0.3) is 21.3 Å². The van der Waals surface area contributed by atoms with Crippen LogP contribution in [0.2, 0.25) is 0 Å². The SMILES string of the molecule is Cc1cc(-c2n[nH]c(=O)c3ccccc23)sc1Br. The maximum Gasteiger partial charge on any atom is 0.272 e. The summed E-state index contributed by atoms with van der Waals surface area (Å²) in [6.07, 6.45) is 0. The number of H-pyrrole nitrogens is 1. The van der Waals surface area contributed by atoms with Crippen LogP contribution >= 0.6 is 27.3 Å². The molecule has 2 aromatic heterocycles. The van der Waals surface area contributed by atoms with Gasteiger partial charge in [-0.2, -0.15) is 5.10 Å². The second kappa shape index (κ2) is 4.33. The lowest BCUT2D eigenvalue weighted by Gasteiger charge is -2.01. The first-order valence-corrected chi connectivity index (χ1v) is 7.01. The molecule has 0 aliphatic heterocycles. The van der Waals surface area contributed by atoms with Crippen molar-refractivity contribution in [2.24, 2.45) is 0 Å². The van der Waals surface area contributed by atoms with Gasteiger partial charge >= 0.3 is 0 Å². The van der Waals surface area contributed by atoms with Crippen LogP contribution in [-0.4, -0.2) is 10.2 Å². The van der Waals surface area contributed by atoms with Crippen molar-refractivity contribution in [3.63, 3.8) is 0 Å². The lowest BCUT2D eigenvalue weighted by Crippen LogP contribution is -2.08. The van der Waals surface area contributed by atoms with E-state index < -0.39 is 0 Å². The van der Waals surface area contributed by atoms with Crippen molar-refractivity contribution >= 4 is 38.0 Å². The number of hydrogen-bond donors (Lipinski definition) is 1. The molecule has 0 fully saturated rings. The van der Waals surface area contributed by atoms with Gasteiger partial charge in [0, 0.05) is 5.39 Å². The molecule has 0 radical (unpaired) electrons. The van der Waals surface area contributed by atoms with Gasteiger partial charge in [0.05, 0.1) is 14.0 Å². The van der Waals surface area contributed by atoms with Crippen LogP contribution in [0.5, 0.6) is 0 Å². The quantitative estimate of drug-likeness (QED) is 0.742. The Morgan fingerprint density at radius 2 is 2.00 bits per heavy atom. The number of aromatic nitrogens is 2. The molecule has 0 spiro atoms. The average molecular weight is 321 g/mol. The standard InChI is InChI=1S/C13H9BrN2OS/c1-7-6-10(18-12(7)14)11-8-4-2-3-5-9(8)13(17)16-15-11/h2-6H,1H3,(H,16,17). The fourth-order valence-electron chi connectivity index (χ4n) is 1.88. The van der Waals surface area contributed by atoms with Crippen LogP contribution in [0.15, 0.2) is 38.9 Å². The number of aromatic amines is 1. The largest absolute Gasteiger partial charge is 0.272 e. The molecule has 90 valence electrons. The molecule has 0 aliphatic rings. The number of hydrogen-bond acceptors (Lipinski definition) is 3. The number of benzene rings is 1. The predicted octanol–water partition coefficient (Wildman–Crippen LogP) is 3.72. The second-order valence-corrected chi connectivity index (χ2v) is 6.38. The molecular formula is C13H9BrN2OS. The normalized spacial score (nSPS) is 11.0. The molecule has 2 heterocycles. The van der Waals surface area contributed by atoms with Crippen molar-refractivity contribution in [1.29, 1.82) is 0 Å². The zero-order chi connectivity index (χ0) is 12.7. The monoisotopic (exact) mass is 320 g/mol. The van der Waals surface area contributed by atoms with Gasteiger partial charge in [0.15, 0.2) is 0 Å². The summed E-state index contributed by atoms with van der Waals surface area (Å²) in [5, 5.41) is 8.29. The summed E-state index contributed by atoms with van der Waals surface area (Å²) in [4.78, 5) is 12.8. The fourth-order valence-corrected chi connectivity index (χ4v) is 3.42. The third-order valence-electron chi connectivity index (χ3n) is 2.79. The molecule has 0 atom stereocenters. The van der Waals surface area contributed by atoms with Gasteiger partial charge in [-0.05, 0) is 40.5 Å². The summed E-state index contributed by atoms with van der Waals surface area (Å²) < 4.78 is 1.09. The lowest BCUT2D eigenvalue weighted by atomic mass is 10.1. The van der Waals surface area contributed by atoms with Gasteiger partial charge in [0.1, 0.15) is 5.69 Å². The number of fused-ring (bicyclic) bond motifs is 1. The van der Waals surface area contributed by atoms with Crippen molar-refractivity contribution < 1.29 is 0 Å². The summed E-state index contributed by atoms with van der Waals surface area (Å²) in [7, 11) is 0. The minimum absolute atomic E-state index is 0.151. The fraction of sp³-hybridized carbons (Fsp3) is 0.0769. The molecule has 1 aromatic carbocycles. The van der Waals surface area contributed by atoms with Crippen LogP contribution in [0.4, 0.5) is 0 Å². The van der Waals surface area contributed by atoms with Gasteiger partial charge in [0.25, 0.3) is 5.56 Å². The Morgan fingerprint density at radius 3 is 2.67 bits per heavy atom. The van der Waals surface area contributed by atoms with E-state index in [1.165, 1.54) is 5.56 Å². The molecule has 0 unspecified atom stereocenters. The highest BCUT2D eigenvalue weighted by atomic mass is 79.9. The molecule has 3 nitrogen and oxygen atoms in total. The number of rotatable bonds is 1. The summed E-state index contributed by atoms with van der Waals surface area (Å²) in [5.74, 6) is 0.